The van der Waals surface area contributed by atoms with E-state index in [0.29, 0.717) is 0 Å². The molecule has 3 heterocycles. The molecule has 4 rings (SSSR count). The first-order valence-electron chi connectivity index (χ1n) is 9.56. The molecule has 6 heteroatoms. The predicted octanol–water partition coefficient (Wildman–Crippen LogP) is 4.46. The zero-order valence-electron chi connectivity index (χ0n) is 15.8. The second-order valence-electron chi connectivity index (χ2n) is 6.91. The van der Waals surface area contributed by atoms with E-state index in [1.807, 2.05) is 61.7 Å². The number of anilines is 1. The van der Waals surface area contributed by atoms with Gasteiger partial charge in [-0.1, -0.05) is 24.3 Å². The lowest BCUT2D eigenvalue weighted by Gasteiger charge is -2.26. The molecule has 2 N–H and O–H groups in total. The number of nitrogens with one attached hydrogen (secondary N) is 2. The van der Waals surface area contributed by atoms with Gasteiger partial charge in [-0.3, -0.25) is 4.98 Å². The highest BCUT2D eigenvalue weighted by molar-refractivity contribution is 7.80. The summed E-state index contributed by atoms with van der Waals surface area (Å²) in [6.45, 7) is 3.68. The maximum atomic E-state index is 5.99. The first kappa shape index (κ1) is 18.5. The number of thiocarbonyl (C=S) groups is 1. The minimum absolute atomic E-state index is 0.00664. The van der Waals surface area contributed by atoms with Crippen LogP contribution >= 0.6 is 12.2 Å². The molecular formula is C22H24N4OS. The molecule has 0 saturated carbocycles. The third kappa shape index (κ3) is 4.02. The molecule has 0 spiro atoms. The van der Waals surface area contributed by atoms with Gasteiger partial charge in [-0.05, 0) is 62.0 Å². The summed E-state index contributed by atoms with van der Waals surface area (Å²) in [7, 11) is 0. The molecule has 0 bridgehead atoms. The number of rotatable bonds is 7. The Bertz CT molecular complexity index is 913. The molecule has 2 atom stereocenters. The van der Waals surface area contributed by atoms with Gasteiger partial charge in [0.05, 0.1) is 11.7 Å². The highest BCUT2D eigenvalue weighted by Gasteiger charge is 2.41. The Hall–Kier alpha value is -2.86. The summed E-state index contributed by atoms with van der Waals surface area (Å²) in [5.41, 5.74) is 2.10. The van der Waals surface area contributed by atoms with Crippen LogP contribution in [-0.2, 0) is 0 Å². The third-order valence-electron chi connectivity index (χ3n) is 4.93. The number of para-hydroxylation sites is 1. The van der Waals surface area contributed by atoms with Crippen molar-refractivity contribution in [2.24, 2.45) is 0 Å². The van der Waals surface area contributed by atoms with Crippen LogP contribution in [0.2, 0.25) is 0 Å². The smallest absolute Gasteiger partial charge is 0.170 e. The highest BCUT2D eigenvalue weighted by atomic mass is 32.1. The quantitative estimate of drug-likeness (QED) is 0.457. The van der Waals surface area contributed by atoms with Gasteiger partial charge in [0, 0.05) is 25.0 Å². The minimum Gasteiger partial charge on any atom is -0.464 e. The monoisotopic (exact) mass is 392 g/mol. The van der Waals surface area contributed by atoms with Crippen molar-refractivity contribution in [3.8, 4) is 0 Å². The van der Waals surface area contributed by atoms with Crippen LogP contribution in [-0.4, -0.2) is 28.1 Å². The van der Waals surface area contributed by atoms with Crippen LogP contribution in [0.3, 0.4) is 0 Å². The largest absolute Gasteiger partial charge is 0.464 e. The Balaban J connectivity index is 1.48. The normalized spacial score (nSPS) is 18.9. The molecule has 28 heavy (non-hydrogen) atoms. The van der Waals surface area contributed by atoms with E-state index in [9.17, 15) is 0 Å². The molecule has 1 aliphatic rings. The molecular weight excluding hydrogens is 368 g/mol. The minimum atomic E-state index is -0.0265. The maximum Gasteiger partial charge on any atom is 0.170 e. The second-order valence-corrected chi connectivity index (χ2v) is 7.30. The third-order valence-corrected chi connectivity index (χ3v) is 5.28. The van der Waals surface area contributed by atoms with Crippen molar-refractivity contribution >= 4 is 23.0 Å². The van der Waals surface area contributed by atoms with Crippen molar-refractivity contribution in [3.63, 3.8) is 0 Å². The van der Waals surface area contributed by atoms with E-state index in [4.69, 9.17) is 16.6 Å². The van der Waals surface area contributed by atoms with Crippen molar-refractivity contribution in [2.75, 3.05) is 18.4 Å². The molecule has 1 fully saturated rings. The number of pyridine rings is 1. The predicted molar refractivity (Wildman–Crippen MR) is 115 cm³/mol. The van der Waals surface area contributed by atoms with Gasteiger partial charge in [0.1, 0.15) is 17.6 Å². The maximum absolute atomic E-state index is 5.99. The van der Waals surface area contributed by atoms with E-state index in [1.54, 1.807) is 0 Å². The van der Waals surface area contributed by atoms with E-state index in [2.05, 4.69) is 32.7 Å². The Morgan fingerprint density at radius 1 is 1.11 bits per heavy atom. The van der Waals surface area contributed by atoms with Gasteiger partial charge in [-0.25, -0.2) is 0 Å². The lowest BCUT2D eigenvalue weighted by Crippen LogP contribution is -2.31. The summed E-state index contributed by atoms with van der Waals surface area (Å²) in [6.07, 6.45) is 2.78. The van der Waals surface area contributed by atoms with Crippen molar-refractivity contribution < 1.29 is 4.42 Å². The highest BCUT2D eigenvalue weighted by Crippen LogP contribution is 2.39. The molecule has 0 aliphatic carbocycles. The Morgan fingerprint density at radius 2 is 1.93 bits per heavy atom. The average Bonchev–Trinajstić information content (AvgIpc) is 3.29. The number of hydrogen-bond acceptors (Lipinski definition) is 4. The molecule has 1 aromatic carbocycles. The van der Waals surface area contributed by atoms with Gasteiger partial charge in [0.25, 0.3) is 0 Å². The van der Waals surface area contributed by atoms with Gasteiger partial charge in [0.2, 0.25) is 0 Å². The molecule has 2 aromatic heterocycles. The fourth-order valence-electron chi connectivity index (χ4n) is 3.61. The van der Waals surface area contributed by atoms with Gasteiger partial charge in [0.15, 0.2) is 5.11 Å². The lowest BCUT2D eigenvalue weighted by molar-refractivity contribution is 0.269. The summed E-state index contributed by atoms with van der Waals surface area (Å²) in [6, 6.07) is 20.2. The first-order valence-corrected chi connectivity index (χ1v) is 9.96. The van der Waals surface area contributed by atoms with E-state index >= 15 is 0 Å². The number of aryl methyl sites for hydroxylation is 1. The van der Waals surface area contributed by atoms with Crippen molar-refractivity contribution in [3.05, 3.63) is 84.1 Å². The van der Waals surface area contributed by atoms with E-state index in [1.165, 1.54) is 0 Å². The fourth-order valence-corrected chi connectivity index (χ4v) is 3.94. The zero-order chi connectivity index (χ0) is 19.3. The van der Waals surface area contributed by atoms with Crippen LogP contribution in [0.4, 0.5) is 5.69 Å². The molecule has 0 radical (unpaired) electrons. The molecule has 3 aromatic rings. The summed E-state index contributed by atoms with van der Waals surface area (Å²) >= 11 is 5.67. The van der Waals surface area contributed by atoms with Crippen molar-refractivity contribution in [1.29, 1.82) is 0 Å². The summed E-state index contributed by atoms with van der Waals surface area (Å²) in [5.74, 6) is 1.81. The first-order chi connectivity index (χ1) is 13.7. The Labute approximate surface area is 170 Å². The van der Waals surface area contributed by atoms with Crippen LogP contribution in [0.5, 0.6) is 0 Å². The molecule has 1 aliphatic heterocycles. The number of hydrogen-bond donors (Lipinski definition) is 2. The topological polar surface area (TPSA) is 53.3 Å². The average molecular weight is 393 g/mol. The van der Waals surface area contributed by atoms with Crippen molar-refractivity contribution in [1.82, 2.24) is 15.2 Å². The molecule has 144 valence electrons. The van der Waals surface area contributed by atoms with Crippen LogP contribution in [0.1, 0.15) is 35.7 Å². The Morgan fingerprint density at radius 3 is 2.64 bits per heavy atom. The van der Waals surface area contributed by atoms with E-state index in [0.717, 1.165) is 47.5 Å². The zero-order valence-corrected chi connectivity index (χ0v) is 16.7. The van der Waals surface area contributed by atoms with E-state index in [-0.39, 0.29) is 12.1 Å². The van der Waals surface area contributed by atoms with Crippen LogP contribution in [0, 0.1) is 6.92 Å². The van der Waals surface area contributed by atoms with Crippen LogP contribution in [0.25, 0.3) is 0 Å². The number of nitrogens with zero attached hydrogens (tertiary/aromatic N) is 2. The standard InChI is InChI=1S/C22H24N4OS/c1-16-11-12-19(27-16)21-20(18-10-5-6-13-24-18)25-22(28)26(21)15-7-14-23-17-8-3-2-4-9-17/h2-6,8-13,20-21,23H,7,14-15H2,1H3,(H,25,28). The molecule has 0 amide bonds. The Kier molecular flexibility index (Phi) is 5.58. The lowest BCUT2D eigenvalue weighted by atomic mass is 10.0. The SMILES string of the molecule is Cc1ccc(C2C(c3ccccn3)NC(=S)N2CCCNc2ccccc2)o1. The summed E-state index contributed by atoms with van der Waals surface area (Å²) in [5, 5.41) is 7.65. The number of furan rings is 1. The van der Waals surface area contributed by atoms with Crippen molar-refractivity contribution in [2.45, 2.75) is 25.4 Å². The molecule has 5 nitrogen and oxygen atoms in total. The fraction of sp³-hybridized carbons (Fsp3) is 0.273. The van der Waals surface area contributed by atoms with Crippen LogP contribution < -0.4 is 10.6 Å². The van der Waals surface area contributed by atoms with Gasteiger partial charge in [-0.2, -0.15) is 0 Å². The molecule has 2 unspecified atom stereocenters. The van der Waals surface area contributed by atoms with Gasteiger partial charge >= 0.3 is 0 Å². The number of aromatic nitrogens is 1. The van der Waals surface area contributed by atoms with Gasteiger partial charge < -0.3 is 20.0 Å². The summed E-state index contributed by atoms with van der Waals surface area (Å²) in [4.78, 5) is 6.77. The second kappa shape index (κ2) is 8.44. The van der Waals surface area contributed by atoms with E-state index < -0.39 is 0 Å². The van der Waals surface area contributed by atoms with Crippen LogP contribution in [0.15, 0.2) is 71.3 Å². The summed E-state index contributed by atoms with van der Waals surface area (Å²) < 4.78 is 5.99. The molecule has 1 saturated heterocycles. The van der Waals surface area contributed by atoms with Gasteiger partial charge in [-0.15, -0.1) is 0 Å². The number of benzene rings is 1.